The van der Waals surface area contributed by atoms with Crippen LogP contribution in [0.2, 0.25) is 0 Å². The minimum atomic E-state index is 0.695. The van der Waals surface area contributed by atoms with Crippen molar-refractivity contribution in [3.63, 3.8) is 0 Å². The fourth-order valence-corrected chi connectivity index (χ4v) is 6.96. The topological polar surface area (TPSA) is 18.5 Å². The smallest absolute Gasteiger partial charge is 0.0401 e. The zero-order valence-electron chi connectivity index (χ0n) is 25.7. The first-order chi connectivity index (χ1) is 19.1. The number of nitrogens with zero attached hydrogens (tertiary/aromatic N) is 2. The molecule has 2 unspecified atom stereocenters. The number of likely N-dealkylation sites (tertiary alicyclic amines) is 1. The zero-order chi connectivity index (χ0) is 27.5. The molecular formula is C36H57N3. The van der Waals surface area contributed by atoms with Crippen LogP contribution in [-0.4, -0.2) is 49.7 Å². The van der Waals surface area contributed by atoms with Crippen molar-refractivity contribution in [1.82, 2.24) is 10.2 Å². The Balaban J connectivity index is 0.000000187. The largest absolute Gasteiger partial charge is 0.371 e. The summed E-state index contributed by atoms with van der Waals surface area (Å²) < 4.78 is 0. The molecule has 3 nitrogen and oxygen atoms in total. The summed E-state index contributed by atoms with van der Waals surface area (Å²) >= 11 is 0. The lowest BCUT2D eigenvalue weighted by molar-refractivity contribution is 0.211. The number of rotatable bonds is 10. The van der Waals surface area contributed by atoms with Crippen LogP contribution in [0.1, 0.15) is 114 Å². The van der Waals surface area contributed by atoms with Crippen molar-refractivity contribution in [2.24, 2.45) is 0 Å². The highest BCUT2D eigenvalue weighted by Crippen LogP contribution is 2.31. The highest BCUT2D eigenvalue weighted by atomic mass is 15.2. The maximum absolute atomic E-state index is 3.77. The fraction of sp³-hybridized carbons (Fsp3) is 0.667. The third kappa shape index (κ3) is 8.82. The molecule has 216 valence electrons. The van der Waals surface area contributed by atoms with Gasteiger partial charge in [0.2, 0.25) is 0 Å². The van der Waals surface area contributed by atoms with E-state index in [9.17, 15) is 0 Å². The summed E-state index contributed by atoms with van der Waals surface area (Å²) in [5, 5.41) is 3.77. The quantitative estimate of drug-likeness (QED) is 0.312. The third-order valence-electron chi connectivity index (χ3n) is 9.55. The first-order valence-electron chi connectivity index (χ1n) is 16.5. The molecule has 0 bridgehead atoms. The average Bonchev–Trinajstić information content (AvgIpc) is 3.53. The van der Waals surface area contributed by atoms with Gasteiger partial charge in [0, 0.05) is 30.9 Å². The predicted octanol–water partition coefficient (Wildman–Crippen LogP) is 8.15. The lowest BCUT2D eigenvalue weighted by Crippen LogP contribution is -2.42. The lowest BCUT2D eigenvalue weighted by atomic mass is 9.84. The van der Waals surface area contributed by atoms with Crippen molar-refractivity contribution in [2.45, 2.75) is 123 Å². The summed E-state index contributed by atoms with van der Waals surface area (Å²) in [6, 6.07) is 17.9. The molecule has 0 amide bonds. The van der Waals surface area contributed by atoms with E-state index in [1.54, 1.807) is 11.1 Å². The maximum atomic E-state index is 3.77. The van der Waals surface area contributed by atoms with Crippen LogP contribution in [0.5, 0.6) is 0 Å². The van der Waals surface area contributed by atoms with Crippen molar-refractivity contribution < 1.29 is 0 Å². The molecule has 2 aromatic rings. The van der Waals surface area contributed by atoms with Crippen molar-refractivity contribution >= 4 is 5.69 Å². The molecule has 1 N–H and O–H groups in total. The Hall–Kier alpha value is -1.84. The number of unbranched alkanes of at least 4 members (excludes halogenated alkanes) is 2. The normalized spacial score (nSPS) is 22.2. The van der Waals surface area contributed by atoms with Gasteiger partial charge >= 0.3 is 0 Å². The van der Waals surface area contributed by atoms with Crippen LogP contribution in [-0.2, 0) is 19.3 Å². The van der Waals surface area contributed by atoms with Crippen LogP contribution in [0.15, 0.2) is 42.5 Å². The number of benzene rings is 2. The molecule has 3 heterocycles. The lowest BCUT2D eigenvalue weighted by Gasteiger charge is -2.34. The number of fused-ring (bicyclic) bond motifs is 1. The van der Waals surface area contributed by atoms with Gasteiger partial charge in [0.15, 0.2) is 0 Å². The molecule has 2 saturated heterocycles. The van der Waals surface area contributed by atoms with E-state index >= 15 is 0 Å². The van der Waals surface area contributed by atoms with E-state index in [1.807, 2.05) is 0 Å². The number of nitrogens with one attached hydrogen (secondary N) is 1. The molecule has 2 aromatic carbocycles. The highest BCUT2D eigenvalue weighted by Gasteiger charge is 2.27. The van der Waals surface area contributed by atoms with Gasteiger partial charge in [-0.05, 0) is 125 Å². The Morgan fingerprint density at radius 2 is 1.62 bits per heavy atom. The number of anilines is 1. The van der Waals surface area contributed by atoms with E-state index in [0.29, 0.717) is 6.04 Å². The fourth-order valence-electron chi connectivity index (χ4n) is 6.96. The van der Waals surface area contributed by atoms with Gasteiger partial charge in [-0.1, -0.05) is 70.0 Å². The summed E-state index contributed by atoms with van der Waals surface area (Å²) in [5.74, 6) is 0.753. The van der Waals surface area contributed by atoms with E-state index in [4.69, 9.17) is 0 Å². The number of aryl methyl sites for hydroxylation is 3. The number of piperidine rings is 1. The zero-order valence-corrected chi connectivity index (χ0v) is 25.7. The van der Waals surface area contributed by atoms with Crippen LogP contribution >= 0.6 is 0 Å². The maximum Gasteiger partial charge on any atom is 0.0401 e. The molecule has 2 fully saturated rings. The van der Waals surface area contributed by atoms with Crippen molar-refractivity contribution in [3.05, 3.63) is 64.7 Å². The highest BCUT2D eigenvalue weighted by molar-refractivity contribution is 5.57. The van der Waals surface area contributed by atoms with Gasteiger partial charge in [-0.25, -0.2) is 0 Å². The summed E-state index contributed by atoms with van der Waals surface area (Å²) in [4.78, 5) is 5.29. The molecule has 3 aliphatic heterocycles. The van der Waals surface area contributed by atoms with Gasteiger partial charge < -0.3 is 15.1 Å². The average molecular weight is 532 g/mol. The van der Waals surface area contributed by atoms with E-state index in [0.717, 1.165) is 24.8 Å². The minimum Gasteiger partial charge on any atom is -0.371 e. The van der Waals surface area contributed by atoms with Crippen LogP contribution in [0.25, 0.3) is 0 Å². The number of hydrogen-bond acceptors (Lipinski definition) is 3. The van der Waals surface area contributed by atoms with E-state index < -0.39 is 0 Å². The molecule has 3 heteroatoms. The summed E-state index contributed by atoms with van der Waals surface area (Å²) in [6.45, 7) is 15.5. The van der Waals surface area contributed by atoms with E-state index in [2.05, 4.69) is 85.3 Å². The number of hydrogen-bond donors (Lipinski definition) is 1. The molecule has 0 spiro atoms. The molecular weight excluding hydrogens is 474 g/mol. The SMILES string of the molecule is CCCCCN1CCCc2ccc(CC)cc21.CCc1ccc(C2CCN[C@@H](CC(C)N3CCCC3)C2)cc1. The van der Waals surface area contributed by atoms with Crippen LogP contribution < -0.4 is 10.2 Å². The van der Waals surface area contributed by atoms with Gasteiger partial charge in [-0.2, -0.15) is 0 Å². The second-order valence-corrected chi connectivity index (χ2v) is 12.4. The Morgan fingerprint density at radius 3 is 2.33 bits per heavy atom. The summed E-state index contributed by atoms with van der Waals surface area (Å²) in [7, 11) is 0. The molecule has 39 heavy (non-hydrogen) atoms. The predicted molar refractivity (Wildman–Crippen MR) is 170 cm³/mol. The molecule has 0 aromatic heterocycles. The second kappa shape index (κ2) is 15.8. The van der Waals surface area contributed by atoms with Crippen LogP contribution in [0.4, 0.5) is 5.69 Å². The first-order valence-corrected chi connectivity index (χ1v) is 16.5. The van der Waals surface area contributed by atoms with E-state index in [1.165, 1.54) is 114 Å². The third-order valence-corrected chi connectivity index (χ3v) is 9.55. The minimum absolute atomic E-state index is 0.695. The Bertz CT molecular complexity index is 962. The Kier molecular flexibility index (Phi) is 12.2. The Morgan fingerprint density at radius 1 is 0.872 bits per heavy atom. The molecule has 0 aliphatic carbocycles. The summed E-state index contributed by atoms with van der Waals surface area (Å²) in [6.07, 6.45) is 15.6. The van der Waals surface area contributed by atoms with Crippen molar-refractivity contribution in [2.75, 3.05) is 37.6 Å². The second-order valence-electron chi connectivity index (χ2n) is 12.4. The molecule has 3 aliphatic rings. The first kappa shape index (κ1) is 30.1. The van der Waals surface area contributed by atoms with Gasteiger partial charge in [0.1, 0.15) is 0 Å². The molecule has 0 radical (unpaired) electrons. The monoisotopic (exact) mass is 531 g/mol. The molecule has 3 atom stereocenters. The van der Waals surface area contributed by atoms with Crippen LogP contribution in [0.3, 0.4) is 0 Å². The molecule has 0 saturated carbocycles. The standard InChI is InChI=1S/C20H32N2.C16H25N/c1-3-17-6-8-18(9-7-17)19-10-11-21-20(15-19)14-16(2)22-12-4-5-13-22;1-3-5-6-11-17-12-7-8-15-10-9-14(4-2)13-16(15)17/h6-9,16,19-21H,3-5,10-15H2,1-2H3;9-10,13H,3-8,11-12H2,1-2H3/t16?,19?,20-;/m0./s1. The molecule has 5 rings (SSSR count). The van der Waals surface area contributed by atoms with Crippen LogP contribution in [0, 0.1) is 0 Å². The van der Waals surface area contributed by atoms with Gasteiger partial charge in [0.25, 0.3) is 0 Å². The van der Waals surface area contributed by atoms with Gasteiger partial charge in [-0.15, -0.1) is 0 Å². The Labute approximate surface area is 240 Å². The van der Waals surface area contributed by atoms with Gasteiger partial charge in [-0.3, -0.25) is 0 Å². The van der Waals surface area contributed by atoms with Gasteiger partial charge in [0.05, 0.1) is 0 Å². The summed E-state index contributed by atoms with van der Waals surface area (Å²) in [5.41, 5.74) is 7.57. The van der Waals surface area contributed by atoms with E-state index in [-0.39, 0.29) is 0 Å². The van der Waals surface area contributed by atoms with Crippen molar-refractivity contribution in [3.8, 4) is 0 Å². The van der Waals surface area contributed by atoms with Crippen molar-refractivity contribution in [1.29, 1.82) is 0 Å².